The maximum absolute atomic E-state index is 12.5. The van der Waals surface area contributed by atoms with E-state index in [9.17, 15) is 4.79 Å². The Morgan fingerprint density at radius 1 is 1.22 bits per heavy atom. The molecule has 3 unspecified atom stereocenters. The van der Waals surface area contributed by atoms with Gasteiger partial charge in [-0.05, 0) is 31.6 Å². The summed E-state index contributed by atoms with van der Waals surface area (Å²) in [4.78, 5) is 14.6. The van der Waals surface area contributed by atoms with E-state index < -0.39 is 0 Å². The lowest BCUT2D eigenvalue weighted by atomic mass is 9.76. The molecule has 18 heavy (non-hydrogen) atoms. The number of hydrogen-bond donors (Lipinski definition) is 1. The predicted octanol–water partition coefficient (Wildman–Crippen LogP) is 1.39. The van der Waals surface area contributed by atoms with E-state index in [-0.39, 0.29) is 12.0 Å². The fourth-order valence-corrected chi connectivity index (χ4v) is 3.29. The van der Waals surface area contributed by atoms with Gasteiger partial charge in [-0.2, -0.15) is 0 Å². The minimum atomic E-state index is 0.146. The first-order chi connectivity index (χ1) is 8.63. The van der Waals surface area contributed by atoms with Crippen molar-refractivity contribution in [3.05, 3.63) is 0 Å². The van der Waals surface area contributed by atoms with Crippen LogP contribution < -0.4 is 5.73 Å². The van der Waals surface area contributed by atoms with E-state index in [1.165, 1.54) is 0 Å². The van der Waals surface area contributed by atoms with Crippen LogP contribution in [0.3, 0.4) is 0 Å². The summed E-state index contributed by atoms with van der Waals surface area (Å²) in [6.45, 7) is 3.82. The number of nitrogens with zero attached hydrogens (tertiary/aromatic N) is 1. The summed E-state index contributed by atoms with van der Waals surface area (Å²) in [6, 6.07) is 0.198. The number of carbonyl (C=O) groups is 1. The fraction of sp³-hybridized carbons (Fsp3) is 0.929. The molecule has 1 heterocycles. The molecule has 4 heteroatoms. The van der Waals surface area contributed by atoms with Gasteiger partial charge in [0.05, 0.1) is 6.10 Å². The van der Waals surface area contributed by atoms with Gasteiger partial charge in [-0.1, -0.05) is 13.3 Å². The normalized spacial score (nSPS) is 34.6. The lowest BCUT2D eigenvalue weighted by Crippen LogP contribution is -2.48. The van der Waals surface area contributed by atoms with Crippen LogP contribution >= 0.6 is 0 Å². The average Bonchev–Trinajstić information content (AvgIpc) is 2.41. The van der Waals surface area contributed by atoms with Crippen molar-refractivity contribution in [2.24, 2.45) is 17.6 Å². The van der Waals surface area contributed by atoms with Crippen molar-refractivity contribution >= 4 is 5.91 Å². The lowest BCUT2D eigenvalue weighted by Gasteiger charge is -2.38. The van der Waals surface area contributed by atoms with Gasteiger partial charge in [0.15, 0.2) is 0 Å². The first-order valence-electron chi connectivity index (χ1n) is 7.20. The van der Waals surface area contributed by atoms with E-state index >= 15 is 0 Å². The van der Waals surface area contributed by atoms with E-state index in [1.54, 1.807) is 7.11 Å². The highest BCUT2D eigenvalue weighted by atomic mass is 16.5. The zero-order valence-electron chi connectivity index (χ0n) is 11.6. The van der Waals surface area contributed by atoms with Gasteiger partial charge in [-0.15, -0.1) is 0 Å². The third kappa shape index (κ3) is 2.86. The molecule has 0 aromatic carbocycles. The molecule has 2 N–H and O–H groups in total. The molecular weight excluding hydrogens is 228 g/mol. The van der Waals surface area contributed by atoms with E-state index in [2.05, 4.69) is 6.92 Å². The average molecular weight is 254 g/mol. The van der Waals surface area contributed by atoms with Crippen LogP contribution in [-0.4, -0.2) is 43.2 Å². The Morgan fingerprint density at radius 3 is 2.50 bits per heavy atom. The number of nitrogens with two attached hydrogens (primary N) is 1. The standard InChI is InChI=1S/C14H26N2O2/c1-10-12(4-3-5-13(10)15)14(17)16-8-6-11(18-2)7-9-16/h10-13H,3-9,15H2,1-2H3. The molecule has 1 saturated heterocycles. The quantitative estimate of drug-likeness (QED) is 0.810. The van der Waals surface area contributed by atoms with Crippen molar-refractivity contribution in [3.8, 4) is 0 Å². The zero-order valence-corrected chi connectivity index (χ0v) is 11.6. The van der Waals surface area contributed by atoms with Crippen molar-refractivity contribution in [1.82, 2.24) is 4.90 Å². The van der Waals surface area contributed by atoms with Crippen LogP contribution in [0.5, 0.6) is 0 Å². The fourth-order valence-electron chi connectivity index (χ4n) is 3.29. The smallest absolute Gasteiger partial charge is 0.226 e. The Hall–Kier alpha value is -0.610. The number of rotatable bonds is 2. The van der Waals surface area contributed by atoms with E-state index in [0.29, 0.717) is 17.9 Å². The molecule has 0 bridgehead atoms. The van der Waals surface area contributed by atoms with Crippen molar-refractivity contribution in [1.29, 1.82) is 0 Å². The molecule has 1 saturated carbocycles. The van der Waals surface area contributed by atoms with Gasteiger partial charge in [0.2, 0.25) is 5.91 Å². The van der Waals surface area contributed by atoms with Gasteiger partial charge >= 0.3 is 0 Å². The van der Waals surface area contributed by atoms with Gasteiger partial charge in [0, 0.05) is 32.2 Å². The molecule has 104 valence electrons. The SMILES string of the molecule is COC1CCN(C(=O)C2CCCC(N)C2C)CC1. The van der Waals surface area contributed by atoms with Crippen LogP contribution in [0.1, 0.15) is 39.0 Å². The number of likely N-dealkylation sites (tertiary alicyclic amines) is 1. The maximum Gasteiger partial charge on any atom is 0.226 e. The van der Waals surface area contributed by atoms with Crippen LogP contribution in [0.25, 0.3) is 0 Å². The zero-order chi connectivity index (χ0) is 13.1. The molecule has 1 amide bonds. The first kappa shape index (κ1) is 13.8. The molecule has 2 rings (SSSR count). The molecule has 1 aliphatic heterocycles. The topological polar surface area (TPSA) is 55.6 Å². The molecule has 3 atom stereocenters. The third-order valence-corrected chi connectivity index (χ3v) is 4.77. The van der Waals surface area contributed by atoms with Crippen molar-refractivity contribution in [3.63, 3.8) is 0 Å². The first-order valence-corrected chi connectivity index (χ1v) is 7.20. The monoisotopic (exact) mass is 254 g/mol. The van der Waals surface area contributed by atoms with Crippen LogP contribution in [0.15, 0.2) is 0 Å². The molecule has 4 nitrogen and oxygen atoms in total. The minimum Gasteiger partial charge on any atom is -0.381 e. The van der Waals surface area contributed by atoms with Crippen molar-refractivity contribution in [2.75, 3.05) is 20.2 Å². The van der Waals surface area contributed by atoms with Crippen molar-refractivity contribution < 1.29 is 9.53 Å². The second-order valence-electron chi connectivity index (χ2n) is 5.82. The molecule has 0 spiro atoms. The Balaban J connectivity index is 1.91. The number of hydrogen-bond acceptors (Lipinski definition) is 3. The third-order valence-electron chi connectivity index (χ3n) is 4.77. The highest BCUT2D eigenvalue weighted by Gasteiger charge is 2.36. The van der Waals surface area contributed by atoms with Crippen LogP contribution in [-0.2, 0) is 9.53 Å². The summed E-state index contributed by atoms with van der Waals surface area (Å²) >= 11 is 0. The Morgan fingerprint density at radius 2 is 1.89 bits per heavy atom. The molecular formula is C14H26N2O2. The van der Waals surface area contributed by atoms with E-state index in [1.807, 2.05) is 4.90 Å². The van der Waals surface area contributed by atoms with Gasteiger partial charge in [0.1, 0.15) is 0 Å². The number of piperidine rings is 1. The summed E-state index contributed by atoms with van der Waals surface area (Å²) in [5.41, 5.74) is 6.09. The Labute approximate surface area is 110 Å². The number of amides is 1. The van der Waals surface area contributed by atoms with E-state index in [0.717, 1.165) is 45.2 Å². The predicted molar refractivity (Wildman–Crippen MR) is 71.1 cm³/mol. The molecule has 0 aromatic rings. The van der Waals surface area contributed by atoms with Gasteiger partial charge in [-0.25, -0.2) is 0 Å². The molecule has 2 aliphatic rings. The number of ether oxygens (including phenoxy) is 1. The maximum atomic E-state index is 12.5. The second kappa shape index (κ2) is 6.02. The van der Waals surface area contributed by atoms with Gasteiger partial charge in [0.25, 0.3) is 0 Å². The molecule has 0 aromatic heterocycles. The summed E-state index contributed by atoms with van der Waals surface area (Å²) < 4.78 is 5.34. The summed E-state index contributed by atoms with van der Waals surface area (Å²) in [7, 11) is 1.75. The van der Waals surface area contributed by atoms with E-state index in [4.69, 9.17) is 10.5 Å². The van der Waals surface area contributed by atoms with Crippen LogP contribution in [0.4, 0.5) is 0 Å². The van der Waals surface area contributed by atoms with Crippen LogP contribution in [0.2, 0.25) is 0 Å². The highest BCUT2D eigenvalue weighted by molar-refractivity contribution is 5.79. The van der Waals surface area contributed by atoms with Gasteiger partial charge in [-0.3, -0.25) is 4.79 Å². The number of methoxy groups -OCH3 is 1. The highest BCUT2D eigenvalue weighted by Crippen LogP contribution is 2.31. The van der Waals surface area contributed by atoms with Gasteiger partial charge < -0.3 is 15.4 Å². The largest absolute Gasteiger partial charge is 0.381 e. The molecule has 1 aliphatic carbocycles. The minimum absolute atomic E-state index is 0.146. The summed E-state index contributed by atoms with van der Waals surface area (Å²) in [6.07, 6.45) is 5.44. The van der Waals surface area contributed by atoms with Crippen molar-refractivity contribution in [2.45, 2.75) is 51.2 Å². The Kier molecular flexibility index (Phi) is 4.62. The molecule has 0 radical (unpaired) electrons. The molecule has 2 fully saturated rings. The number of carbonyl (C=O) groups excluding carboxylic acids is 1. The second-order valence-corrected chi connectivity index (χ2v) is 5.82. The van der Waals surface area contributed by atoms with Crippen LogP contribution in [0, 0.1) is 11.8 Å². The summed E-state index contributed by atoms with van der Waals surface area (Å²) in [5.74, 6) is 0.798. The Bertz CT molecular complexity index is 288. The lowest BCUT2D eigenvalue weighted by molar-refractivity contribution is -0.141. The summed E-state index contributed by atoms with van der Waals surface area (Å²) in [5, 5.41) is 0.